The van der Waals surface area contributed by atoms with Gasteiger partial charge >= 0.3 is 0 Å². The maximum absolute atomic E-state index is 13.8. The van der Waals surface area contributed by atoms with Gasteiger partial charge in [-0.05, 0) is 29.3 Å². The van der Waals surface area contributed by atoms with E-state index in [0.717, 1.165) is 13.1 Å². The average Bonchev–Trinajstić information content (AvgIpc) is 3.11. The van der Waals surface area contributed by atoms with Crippen LogP contribution in [0, 0.1) is 5.82 Å². The van der Waals surface area contributed by atoms with Crippen LogP contribution in [0.1, 0.15) is 16.7 Å². The molecule has 1 aliphatic rings. The van der Waals surface area contributed by atoms with Crippen molar-refractivity contribution in [1.29, 1.82) is 0 Å². The predicted molar refractivity (Wildman–Crippen MR) is 103 cm³/mol. The number of nitrogens with one attached hydrogen (secondary N) is 1. The molecule has 2 heterocycles. The van der Waals surface area contributed by atoms with Crippen LogP contribution >= 0.6 is 0 Å². The topological polar surface area (TPSA) is 54.5 Å². The van der Waals surface area contributed by atoms with Crippen molar-refractivity contribution in [2.75, 3.05) is 6.54 Å². The van der Waals surface area contributed by atoms with Crippen molar-refractivity contribution >= 4 is 5.91 Å². The zero-order valence-corrected chi connectivity index (χ0v) is 15.3. The second-order valence-corrected chi connectivity index (χ2v) is 6.69. The molecule has 0 unspecified atom stereocenters. The molecule has 28 heavy (non-hydrogen) atoms. The summed E-state index contributed by atoms with van der Waals surface area (Å²) >= 11 is 0. The summed E-state index contributed by atoms with van der Waals surface area (Å²) in [5.41, 5.74) is 3.22. The minimum atomic E-state index is -0.461. The number of pyridine rings is 1. The van der Waals surface area contributed by atoms with Crippen molar-refractivity contribution in [3.05, 3.63) is 89.4 Å². The van der Waals surface area contributed by atoms with Crippen molar-refractivity contribution in [3.8, 4) is 11.6 Å². The molecule has 0 aliphatic carbocycles. The quantitative estimate of drug-likeness (QED) is 0.713. The maximum atomic E-state index is 13.8. The molecule has 1 amide bonds. The van der Waals surface area contributed by atoms with Gasteiger partial charge in [0.25, 0.3) is 0 Å². The molecule has 0 fully saturated rings. The third-order valence-corrected chi connectivity index (χ3v) is 4.64. The van der Waals surface area contributed by atoms with E-state index >= 15 is 0 Å². The van der Waals surface area contributed by atoms with E-state index in [4.69, 9.17) is 4.74 Å². The van der Waals surface area contributed by atoms with E-state index in [2.05, 4.69) is 27.3 Å². The molecule has 0 saturated heterocycles. The third-order valence-electron chi connectivity index (χ3n) is 4.64. The first kappa shape index (κ1) is 18.1. The summed E-state index contributed by atoms with van der Waals surface area (Å²) in [5, 5.41) is 2.90. The second kappa shape index (κ2) is 8.19. The van der Waals surface area contributed by atoms with E-state index in [1.54, 1.807) is 30.5 Å². The Labute approximate surface area is 162 Å². The van der Waals surface area contributed by atoms with Crippen molar-refractivity contribution in [1.82, 2.24) is 15.2 Å². The highest BCUT2D eigenvalue weighted by Crippen LogP contribution is 2.25. The summed E-state index contributed by atoms with van der Waals surface area (Å²) in [6, 6.07) is 17.9. The van der Waals surface area contributed by atoms with E-state index in [1.807, 2.05) is 12.1 Å². The van der Waals surface area contributed by atoms with Crippen LogP contribution in [0.15, 0.2) is 66.9 Å². The number of halogens is 1. The van der Waals surface area contributed by atoms with E-state index in [-0.39, 0.29) is 24.1 Å². The molecule has 142 valence electrons. The number of benzene rings is 2. The second-order valence-electron chi connectivity index (χ2n) is 6.69. The van der Waals surface area contributed by atoms with Gasteiger partial charge in [-0.1, -0.05) is 42.5 Å². The number of rotatable bonds is 6. The van der Waals surface area contributed by atoms with Gasteiger partial charge in [-0.2, -0.15) is 0 Å². The summed E-state index contributed by atoms with van der Waals surface area (Å²) in [6.45, 7) is 2.13. The molecular weight excluding hydrogens is 357 g/mol. The van der Waals surface area contributed by atoms with Gasteiger partial charge in [0, 0.05) is 31.4 Å². The van der Waals surface area contributed by atoms with E-state index in [1.165, 1.54) is 23.3 Å². The molecule has 3 aromatic rings. The lowest BCUT2D eigenvalue weighted by Crippen LogP contribution is -2.34. The van der Waals surface area contributed by atoms with E-state index in [0.29, 0.717) is 12.1 Å². The van der Waals surface area contributed by atoms with Gasteiger partial charge in [0.05, 0.1) is 6.54 Å². The molecule has 1 aromatic heterocycles. The molecule has 1 aliphatic heterocycles. The minimum absolute atomic E-state index is 0.0755. The van der Waals surface area contributed by atoms with Crippen LogP contribution in [-0.4, -0.2) is 22.3 Å². The maximum Gasteiger partial charge on any atom is 0.234 e. The van der Waals surface area contributed by atoms with Crippen LogP contribution in [0.2, 0.25) is 0 Å². The van der Waals surface area contributed by atoms with Gasteiger partial charge in [0.15, 0.2) is 11.6 Å². The molecule has 0 bridgehead atoms. The van der Waals surface area contributed by atoms with Crippen LogP contribution in [0.4, 0.5) is 4.39 Å². The molecule has 0 spiro atoms. The fraction of sp³-hybridized carbons (Fsp3) is 0.182. The Morgan fingerprint density at radius 2 is 1.75 bits per heavy atom. The number of fused-ring (bicyclic) bond motifs is 1. The Morgan fingerprint density at radius 3 is 2.50 bits per heavy atom. The first-order valence-corrected chi connectivity index (χ1v) is 9.11. The molecule has 0 saturated carbocycles. The zero-order chi connectivity index (χ0) is 19.3. The first-order valence-electron chi connectivity index (χ1n) is 9.11. The standard InChI is InChI=1S/C22H20FN3O2/c23-19-9-3-4-10-20(19)28-22-16(8-5-11-24-22)12-25-21(27)15-26-13-17-6-1-2-7-18(17)14-26/h1-11H,12-15H2,(H,25,27). The summed E-state index contributed by atoms with van der Waals surface area (Å²) in [7, 11) is 0. The van der Waals surface area contributed by atoms with Gasteiger partial charge in [-0.3, -0.25) is 9.69 Å². The average molecular weight is 377 g/mol. The SMILES string of the molecule is O=C(CN1Cc2ccccc2C1)NCc1cccnc1Oc1ccccc1F. The Bertz CT molecular complexity index is 968. The number of amides is 1. The lowest BCUT2D eigenvalue weighted by atomic mass is 10.1. The van der Waals surface area contributed by atoms with E-state index < -0.39 is 5.82 Å². The number of carbonyl (C=O) groups excluding carboxylic acids is 1. The number of aromatic nitrogens is 1. The molecular formula is C22H20FN3O2. The highest BCUT2D eigenvalue weighted by molar-refractivity contribution is 5.78. The summed E-state index contributed by atoms with van der Waals surface area (Å²) in [4.78, 5) is 18.6. The van der Waals surface area contributed by atoms with Gasteiger partial charge in [0.1, 0.15) is 0 Å². The lowest BCUT2D eigenvalue weighted by molar-refractivity contribution is -0.122. The fourth-order valence-corrected chi connectivity index (χ4v) is 3.25. The molecule has 2 aromatic carbocycles. The van der Waals surface area contributed by atoms with Crippen molar-refractivity contribution in [3.63, 3.8) is 0 Å². The van der Waals surface area contributed by atoms with Crippen LogP contribution in [0.5, 0.6) is 11.6 Å². The van der Waals surface area contributed by atoms with Gasteiger partial charge < -0.3 is 10.1 Å². The Kier molecular flexibility index (Phi) is 5.30. The van der Waals surface area contributed by atoms with Crippen molar-refractivity contribution in [2.24, 2.45) is 0 Å². The molecule has 0 atom stereocenters. The van der Waals surface area contributed by atoms with E-state index in [9.17, 15) is 9.18 Å². The number of hydrogen-bond acceptors (Lipinski definition) is 4. The van der Waals surface area contributed by atoms with Crippen LogP contribution < -0.4 is 10.1 Å². The van der Waals surface area contributed by atoms with Crippen molar-refractivity contribution in [2.45, 2.75) is 19.6 Å². The Morgan fingerprint density at radius 1 is 1.04 bits per heavy atom. The number of carbonyl (C=O) groups is 1. The summed E-state index contributed by atoms with van der Waals surface area (Å²) in [6.07, 6.45) is 1.57. The summed E-state index contributed by atoms with van der Waals surface area (Å²) < 4.78 is 19.4. The van der Waals surface area contributed by atoms with Gasteiger partial charge in [-0.15, -0.1) is 0 Å². The number of ether oxygens (including phenoxy) is 1. The smallest absolute Gasteiger partial charge is 0.234 e. The molecule has 6 heteroatoms. The normalized spacial score (nSPS) is 13.2. The number of para-hydroxylation sites is 1. The zero-order valence-electron chi connectivity index (χ0n) is 15.3. The minimum Gasteiger partial charge on any atom is -0.436 e. The Balaban J connectivity index is 1.35. The lowest BCUT2D eigenvalue weighted by Gasteiger charge is -2.15. The van der Waals surface area contributed by atoms with Gasteiger partial charge in [-0.25, -0.2) is 9.37 Å². The molecule has 1 N–H and O–H groups in total. The molecule has 0 radical (unpaired) electrons. The summed E-state index contributed by atoms with van der Waals surface area (Å²) in [5.74, 6) is -0.157. The van der Waals surface area contributed by atoms with Crippen LogP contribution in [0.3, 0.4) is 0 Å². The van der Waals surface area contributed by atoms with Crippen LogP contribution in [-0.2, 0) is 24.4 Å². The highest BCUT2D eigenvalue weighted by Gasteiger charge is 2.20. The highest BCUT2D eigenvalue weighted by atomic mass is 19.1. The monoisotopic (exact) mass is 377 g/mol. The van der Waals surface area contributed by atoms with Crippen LogP contribution in [0.25, 0.3) is 0 Å². The molecule has 4 rings (SSSR count). The van der Waals surface area contributed by atoms with Crippen molar-refractivity contribution < 1.29 is 13.9 Å². The first-order chi connectivity index (χ1) is 13.7. The number of nitrogens with zero attached hydrogens (tertiary/aromatic N) is 2. The Hall–Kier alpha value is -3.25. The number of hydrogen-bond donors (Lipinski definition) is 1. The predicted octanol–water partition coefficient (Wildman–Crippen LogP) is 3.65. The molecule has 5 nitrogen and oxygen atoms in total. The largest absolute Gasteiger partial charge is 0.436 e. The van der Waals surface area contributed by atoms with Gasteiger partial charge in [0.2, 0.25) is 11.8 Å². The third kappa shape index (κ3) is 4.18. The fourth-order valence-electron chi connectivity index (χ4n) is 3.25.